The van der Waals surface area contributed by atoms with Gasteiger partial charge in [0.1, 0.15) is 23.2 Å². The Morgan fingerprint density at radius 3 is 2.12 bits per heavy atom. The molecule has 5 unspecified atom stereocenters. The number of ether oxygens (including phenoxy) is 2. The van der Waals surface area contributed by atoms with E-state index in [4.69, 9.17) is 24.4 Å². The van der Waals surface area contributed by atoms with Gasteiger partial charge in [0.25, 0.3) is 0 Å². The van der Waals surface area contributed by atoms with E-state index in [0.717, 1.165) is 76.2 Å². The van der Waals surface area contributed by atoms with E-state index in [0.29, 0.717) is 6.54 Å². The minimum absolute atomic E-state index is 0.0577. The molecule has 0 aliphatic carbocycles. The van der Waals surface area contributed by atoms with Crippen LogP contribution in [0.1, 0.15) is 98.6 Å². The average Bonchev–Trinajstić information content (AvgIpc) is 3.89. The van der Waals surface area contributed by atoms with Crippen LogP contribution in [-0.4, -0.2) is 84.7 Å². The molecule has 0 saturated carbocycles. The van der Waals surface area contributed by atoms with E-state index in [2.05, 4.69) is 72.7 Å². The van der Waals surface area contributed by atoms with Crippen molar-refractivity contribution in [2.24, 2.45) is 4.99 Å². The third-order valence-electron chi connectivity index (χ3n) is 10.2. The first-order chi connectivity index (χ1) is 24.6. The summed E-state index contributed by atoms with van der Waals surface area (Å²) in [5, 5.41) is 4.57. The topological polar surface area (TPSA) is 125 Å². The van der Waals surface area contributed by atoms with Gasteiger partial charge >= 0.3 is 12.2 Å². The number of likely N-dealkylation sites (tertiary alicyclic amines) is 2. The van der Waals surface area contributed by atoms with Gasteiger partial charge in [-0.25, -0.2) is 19.6 Å². The minimum atomic E-state index is -0.555. The lowest BCUT2D eigenvalue weighted by Crippen LogP contribution is -2.50. The number of imidazole rings is 1. The molecule has 2 fully saturated rings. The predicted octanol–water partition coefficient (Wildman–Crippen LogP) is 8.26. The Kier molecular flexibility index (Phi) is 9.35. The van der Waals surface area contributed by atoms with E-state index >= 15 is 0 Å². The van der Waals surface area contributed by atoms with Crippen molar-refractivity contribution >= 4 is 28.8 Å². The Hall–Kier alpha value is -4.77. The van der Waals surface area contributed by atoms with Crippen molar-refractivity contribution in [3.05, 3.63) is 72.3 Å². The molecule has 4 aromatic rings. The lowest BCUT2D eigenvalue weighted by molar-refractivity contribution is 0.0128. The number of carbonyl (C=O) groups is 2. The van der Waals surface area contributed by atoms with Crippen molar-refractivity contribution in [1.82, 2.24) is 30.1 Å². The van der Waals surface area contributed by atoms with Crippen molar-refractivity contribution in [3.8, 4) is 22.4 Å². The van der Waals surface area contributed by atoms with E-state index in [9.17, 15) is 9.59 Å². The number of nitrogens with zero attached hydrogens (tertiary/aromatic N) is 5. The maximum atomic E-state index is 13.1. The van der Waals surface area contributed by atoms with Crippen molar-refractivity contribution in [1.29, 1.82) is 0 Å². The van der Waals surface area contributed by atoms with Gasteiger partial charge in [0, 0.05) is 24.0 Å². The number of nitrogens with one attached hydrogen (secondary N) is 2. The summed E-state index contributed by atoms with van der Waals surface area (Å²) in [6.45, 7) is 16.1. The fraction of sp³-hybridized carbons (Fsp3) is 0.488. The zero-order valence-electron chi connectivity index (χ0n) is 31.6. The lowest BCUT2D eigenvalue weighted by Gasteiger charge is -2.33. The normalized spacial score (nSPS) is 23.7. The molecule has 0 radical (unpaired) electrons. The zero-order valence-corrected chi connectivity index (χ0v) is 31.6. The molecule has 0 bridgehead atoms. The van der Waals surface area contributed by atoms with E-state index < -0.39 is 11.2 Å². The molecule has 52 heavy (non-hydrogen) atoms. The third-order valence-corrected chi connectivity index (χ3v) is 10.2. The summed E-state index contributed by atoms with van der Waals surface area (Å²) in [5.41, 5.74) is 5.68. The van der Waals surface area contributed by atoms with Crippen LogP contribution in [-0.2, 0) is 9.47 Å². The maximum absolute atomic E-state index is 13.1. The summed E-state index contributed by atoms with van der Waals surface area (Å²) in [6, 6.07) is 18.9. The highest BCUT2D eigenvalue weighted by molar-refractivity contribution is 6.03. The zero-order chi connectivity index (χ0) is 36.9. The summed E-state index contributed by atoms with van der Waals surface area (Å²) in [6.07, 6.45) is 4.61. The molecule has 3 aliphatic rings. The van der Waals surface area contributed by atoms with Crippen LogP contribution < -0.4 is 5.32 Å². The van der Waals surface area contributed by atoms with Crippen molar-refractivity contribution in [2.45, 2.75) is 123 Å². The number of fused-ring (bicyclic) bond motifs is 1. The van der Waals surface area contributed by atoms with Crippen LogP contribution in [0, 0.1) is 0 Å². The quantitative estimate of drug-likeness (QED) is 0.214. The molecular formula is C41H51N7O4. The summed E-state index contributed by atoms with van der Waals surface area (Å²) in [4.78, 5) is 47.9. The Bertz CT molecular complexity index is 1990. The molecule has 3 aliphatic heterocycles. The van der Waals surface area contributed by atoms with Crippen LogP contribution >= 0.6 is 0 Å². The number of H-pyrrole nitrogens is 1. The number of benzene rings is 2. The molecule has 0 spiro atoms. The first-order valence-electron chi connectivity index (χ1n) is 18.5. The molecule has 274 valence electrons. The Morgan fingerprint density at radius 2 is 1.40 bits per heavy atom. The van der Waals surface area contributed by atoms with Crippen LogP contribution in [0.15, 0.2) is 65.8 Å². The number of aromatic amines is 1. The number of hydrogen-bond donors (Lipinski definition) is 2. The highest BCUT2D eigenvalue weighted by Crippen LogP contribution is 2.37. The molecule has 2 amide bonds. The van der Waals surface area contributed by atoms with Gasteiger partial charge in [-0.05, 0) is 116 Å². The molecular weight excluding hydrogens is 654 g/mol. The number of pyridine rings is 1. The maximum Gasteiger partial charge on any atom is 0.411 e. The number of amides is 2. The largest absolute Gasteiger partial charge is 0.444 e. The van der Waals surface area contributed by atoms with Crippen LogP contribution in [0.5, 0.6) is 0 Å². The van der Waals surface area contributed by atoms with Crippen LogP contribution in [0.2, 0.25) is 0 Å². The van der Waals surface area contributed by atoms with Gasteiger partial charge in [0.2, 0.25) is 0 Å². The third kappa shape index (κ3) is 7.42. The first-order valence-corrected chi connectivity index (χ1v) is 18.5. The fourth-order valence-corrected chi connectivity index (χ4v) is 7.63. The Balaban J connectivity index is 1.03. The van der Waals surface area contributed by atoms with Crippen molar-refractivity contribution in [3.63, 3.8) is 0 Å². The van der Waals surface area contributed by atoms with Gasteiger partial charge in [-0.1, -0.05) is 36.4 Å². The second-order valence-electron chi connectivity index (χ2n) is 16.5. The summed E-state index contributed by atoms with van der Waals surface area (Å²) in [7, 11) is 0. The highest BCUT2D eigenvalue weighted by atomic mass is 16.6. The number of rotatable bonds is 5. The molecule has 2 aromatic carbocycles. The first kappa shape index (κ1) is 35.6. The molecule has 2 N–H and O–H groups in total. The predicted molar refractivity (Wildman–Crippen MR) is 203 cm³/mol. The van der Waals surface area contributed by atoms with Crippen molar-refractivity contribution in [2.75, 3.05) is 6.54 Å². The fourth-order valence-electron chi connectivity index (χ4n) is 7.63. The monoisotopic (exact) mass is 705 g/mol. The molecule has 5 heterocycles. The van der Waals surface area contributed by atoms with Gasteiger partial charge in [0.15, 0.2) is 0 Å². The Labute approximate surface area is 306 Å². The molecule has 2 saturated heterocycles. The van der Waals surface area contributed by atoms with E-state index in [1.165, 1.54) is 0 Å². The molecule has 2 aromatic heterocycles. The summed E-state index contributed by atoms with van der Waals surface area (Å²) >= 11 is 0. The smallest absolute Gasteiger partial charge is 0.411 e. The van der Waals surface area contributed by atoms with Gasteiger partial charge in [0.05, 0.1) is 40.9 Å². The van der Waals surface area contributed by atoms with Crippen LogP contribution in [0.4, 0.5) is 9.59 Å². The molecule has 7 rings (SSSR count). The van der Waals surface area contributed by atoms with Crippen LogP contribution in [0.25, 0.3) is 33.3 Å². The van der Waals surface area contributed by atoms with E-state index in [-0.39, 0.29) is 42.5 Å². The van der Waals surface area contributed by atoms with Gasteiger partial charge in [-0.15, -0.1) is 0 Å². The van der Waals surface area contributed by atoms with Crippen molar-refractivity contribution < 1.29 is 19.1 Å². The highest BCUT2D eigenvalue weighted by Gasteiger charge is 2.43. The molecule has 5 atom stereocenters. The van der Waals surface area contributed by atoms with Crippen LogP contribution in [0.3, 0.4) is 0 Å². The standard InChI is InChI=1S/C41H51N7O4/c1-24-9-19-34(47(24)38(49)51-40(3,4)5)36-42-22-32(45-36)27-13-11-26(12-14-27)28-15-17-30-29(21-28)16-18-31(44-30)33-23-43-37(46-33)35-20-10-25(2)48(35)39(50)52-41(6,7)8/h11-18,21-22,24-25,34-35,37,43H,9-10,19-20,23H2,1-8H3,(H,42,45). The van der Waals surface area contributed by atoms with Gasteiger partial charge in [-0.3, -0.25) is 20.1 Å². The number of aliphatic imine (C=N–C) groups is 1. The second-order valence-corrected chi connectivity index (χ2v) is 16.5. The number of carbonyl (C=O) groups excluding carboxylic acids is 2. The molecule has 11 nitrogen and oxygen atoms in total. The van der Waals surface area contributed by atoms with E-state index in [1.807, 2.05) is 63.6 Å². The minimum Gasteiger partial charge on any atom is -0.444 e. The SMILES string of the molecule is CC1CCC(c2ncc(-c3ccc(-c4ccc5nc(C6=NC(C7CCC(C)N7C(=O)OC(C)(C)C)NC6)ccc5c4)cc3)[nH]2)N1C(=O)OC(C)(C)C. The summed E-state index contributed by atoms with van der Waals surface area (Å²) < 4.78 is 11.4. The summed E-state index contributed by atoms with van der Waals surface area (Å²) in [5.74, 6) is 0.779. The second kappa shape index (κ2) is 13.7. The van der Waals surface area contributed by atoms with Gasteiger partial charge in [-0.2, -0.15) is 0 Å². The molecule has 11 heteroatoms. The Morgan fingerprint density at radius 1 is 0.769 bits per heavy atom. The van der Waals surface area contributed by atoms with E-state index in [1.54, 1.807) is 0 Å². The average molecular weight is 706 g/mol. The van der Waals surface area contributed by atoms with Gasteiger partial charge < -0.3 is 14.5 Å². The number of aromatic nitrogens is 3. The lowest BCUT2D eigenvalue weighted by atomic mass is 10.0. The number of hydrogen-bond acceptors (Lipinski definition) is 8.